The fourth-order valence-corrected chi connectivity index (χ4v) is 6.79. The van der Waals surface area contributed by atoms with Gasteiger partial charge in [0.1, 0.15) is 11.6 Å². The molecule has 6 unspecified atom stereocenters. The number of fused-ring (bicyclic) bond motifs is 1. The van der Waals surface area contributed by atoms with E-state index in [9.17, 15) is 19.8 Å². The summed E-state index contributed by atoms with van der Waals surface area (Å²) in [6.07, 6.45) is 9.78. The third-order valence-corrected chi connectivity index (χ3v) is 8.96. The van der Waals surface area contributed by atoms with Crippen LogP contribution >= 0.6 is 0 Å². The molecule has 1 aromatic rings. The number of ketones is 2. The van der Waals surface area contributed by atoms with Crippen molar-refractivity contribution in [2.24, 2.45) is 23.7 Å². The molecule has 6 nitrogen and oxygen atoms in total. The van der Waals surface area contributed by atoms with Crippen molar-refractivity contribution >= 4 is 11.6 Å². The number of aromatic hydroxyl groups is 1. The van der Waals surface area contributed by atoms with Gasteiger partial charge >= 0.3 is 0 Å². The summed E-state index contributed by atoms with van der Waals surface area (Å²) in [4.78, 5) is 24.7. The maximum absolute atomic E-state index is 13.0. The van der Waals surface area contributed by atoms with E-state index in [1.807, 2.05) is 13.0 Å². The van der Waals surface area contributed by atoms with Crippen molar-refractivity contribution in [1.29, 1.82) is 0 Å². The van der Waals surface area contributed by atoms with Crippen LogP contribution in [0.5, 0.6) is 11.5 Å². The van der Waals surface area contributed by atoms with Gasteiger partial charge in [-0.2, -0.15) is 0 Å². The van der Waals surface area contributed by atoms with Gasteiger partial charge in [0.05, 0.1) is 13.2 Å². The molecule has 35 heavy (non-hydrogen) atoms. The summed E-state index contributed by atoms with van der Waals surface area (Å²) in [5.74, 6) is 2.67. The number of phenols is 1. The number of piperidine rings is 1. The minimum absolute atomic E-state index is 0.130. The molecular formula is C29H43NO5. The van der Waals surface area contributed by atoms with Gasteiger partial charge in [0.2, 0.25) is 0 Å². The van der Waals surface area contributed by atoms with Crippen LogP contribution in [0.25, 0.3) is 0 Å². The average molecular weight is 486 g/mol. The van der Waals surface area contributed by atoms with Crippen LogP contribution in [0.15, 0.2) is 12.1 Å². The molecule has 0 radical (unpaired) electrons. The zero-order valence-corrected chi connectivity index (χ0v) is 21.4. The smallest absolute Gasteiger partial charge is 0.160 e. The number of aryl methyl sites for hydroxylation is 2. The molecule has 2 saturated carbocycles. The first-order valence-electron chi connectivity index (χ1n) is 13.7. The number of rotatable bonds is 9. The van der Waals surface area contributed by atoms with Crippen LogP contribution in [0.1, 0.15) is 82.3 Å². The first-order valence-corrected chi connectivity index (χ1v) is 13.7. The highest BCUT2D eigenvalue weighted by atomic mass is 16.5. The second kappa shape index (κ2) is 11.9. The number of carbonyl (C=O) groups is 2. The summed E-state index contributed by atoms with van der Waals surface area (Å²) in [6, 6.07) is 3.96. The lowest BCUT2D eigenvalue weighted by Crippen LogP contribution is -2.48. The van der Waals surface area contributed by atoms with E-state index in [2.05, 4.69) is 5.32 Å². The Balaban J connectivity index is 1.22. The Labute approximate surface area is 209 Å². The van der Waals surface area contributed by atoms with Crippen LogP contribution in [0.4, 0.5) is 0 Å². The summed E-state index contributed by atoms with van der Waals surface area (Å²) in [7, 11) is 1.53. The summed E-state index contributed by atoms with van der Waals surface area (Å²) in [6.45, 7) is 3.04. The lowest BCUT2D eigenvalue weighted by atomic mass is 9.72. The van der Waals surface area contributed by atoms with E-state index in [1.54, 1.807) is 6.07 Å². The number of hydrogen-bond donors (Lipinski definition) is 3. The maximum atomic E-state index is 13.0. The van der Waals surface area contributed by atoms with E-state index in [4.69, 9.17) is 4.74 Å². The molecule has 2 aliphatic carbocycles. The van der Waals surface area contributed by atoms with E-state index < -0.39 is 6.10 Å². The van der Waals surface area contributed by atoms with Gasteiger partial charge in [0.15, 0.2) is 11.5 Å². The maximum Gasteiger partial charge on any atom is 0.160 e. The van der Waals surface area contributed by atoms with Crippen molar-refractivity contribution in [3.05, 3.63) is 23.3 Å². The van der Waals surface area contributed by atoms with E-state index in [0.717, 1.165) is 62.6 Å². The largest absolute Gasteiger partial charge is 0.504 e. The predicted molar refractivity (Wildman–Crippen MR) is 136 cm³/mol. The minimum atomic E-state index is -0.542. The summed E-state index contributed by atoms with van der Waals surface area (Å²) < 4.78 is 5.24. The molecule has 3 N–H and O–H groups in total. The van der Waals surface area contributed by atoms with Gasteiger partial charge in [-0.1, -0.05) is 13.3 Å². The summed E-state index contributed by atoms with van der Waals surface area (Å²) in [5, 5.41) is 24.5. The monoisotopic (exact) mass is 485 g/mol. The number of hydrogen-bond acceptors (Lipinski definition) is 6. The Bertz CT molecular complexity index is 899. The molecule has 6 atom stereocenters. The van der Waals surface area contributed by atoms with Crippen LogP contribution in [0.3, 0.4) is 0 Å². The molecule has 1 aromatic carbocycles. The van der Waals surface area contributed by atoms with Gasteiger partial charge in [-0.3, -0.25) is 9.59 Å². The molecule has 0 amide bonds. The number of Topliss-reactive ketones (excluding diaryl/α,β-unsaturated/α-hetero) is 2. The first kappa shape index (κ1) is 26.2. The number of carbonyl (C=O) groups excluding carboxylic acids is 2. The molecule has 3 fully saturated rings. The Kier molecular flexibility index (Phi) is 8.87. The van der Waals surface area contributed by atoms with Gasteiger partial charge in [-0.05, 0) is 98.9 Å². The van der Waals surface area contributed by atoms with Crippen molar-refractivity contribution in [1.82, 2.24) is 5.32 Å². The Morgan fingerprint density at radius 1 is 1.11 bits per heavy atom. The van der Waals surface area contributed by atoms with Crippen LogP contribution in [-0.2, 0) is 22.4 Å². The van der Waals surface area contributed by atoms with Gasteiger partial charge in [-0.15, -0.1) is 0 Å². The average Bonchev–Trinajstić information content (AvgIpc) is 2.86. The highest BCUT2D eigenvalue weighted by Crippen LogP contribution is 2.38. The standard InChI is InChI=1S/C29H43NO5/c1-3-20-14-28(34)29(35-2)15-21(20)8-11-26(32)24-10-6-18(13-27(24)33)4-5-19-12-22-7-9-23(31)16-25(22)30-17-19/h14-15,18-19,22,24-25,27,30,33-34H,3-13,16-17H2,1-2H3. The fourth-order valence-electron chi connectivity index (χ4n) is 6.79. The SMILES string of the molecule is CCc1cc(O)c(OC)cc1CCC(=O)C1CCC(CCC2CNC3CC(=O)CCC3C2)CC1O. The highest BCUT2D eigenvalue weighted by Gasteiger charge is 2.36. The first-order chi connectivity index (χ1) is 16.9. The van der Waals surface area contributed by atoms with E-state index in [-0.39, 0.29) is 17.5 Å². The molecule has 4 rings (SSSR count). The normalized spacial score (nSPS) is 31.1. The Morgan fingerprint density at radius 3 is 2.66 bits per heavy atom. The van der Waals surface area contributed by atoms with Gasteiger partial charge < -0.3 is 20.3 Å². The number of ether oxygens (including phenoxy) is 1. The van der Waals surface area contributed by atoms with Crippen LogP contribution in [0, 0.1) is 23.7 Å². The number of methoxy groups -OCH3 is 1. The number of benzene rings is 1. The number of phenolic OH excluding ortho intramolecular Hbond substituents is 1. The quantitative estimate of drug-likeness (QED) is 0.481. The summed E-state index contributed by atoms with van der Waals surface area (Å²) >= 11 is 0. The number of nitrogens with one attached hydrogen (secondary N) is 1. The molecule has 1 saturated heterocycles. The molecule has 1 heterocycles. The van der Waals surface area contributed by atoms with Gasteiger partial charge in [0, 0.05) is 31.2 Å². The van der Waals surface area contributed by atoms with Crippen LogP contribution < -0.4 is 10.1 Å². The number of aliphatic hydroxyl groups excluding tert-OH is 1. The number of aliphatic hydroxyl groups is 1. The zero-order valence-electron chi connectivity index (χ0n) is 21.4. The van der Waals surface area contributed by atoms with Crippen molar-refractivity contribution in [2.45, 2.75) is 96.1 Å². The van der Waals surface area contributed by atoms with Crippen molar-refractivity contribution in [2.75, 3.05) is 13.7 Å². The van der Waals surface area contributed by atoms with Crippen molar-refractivity contribution < 1.29 is 24.5 Å². The van der Waals surface area contributed by atoms with Crippen molar-refractivity contribution in [3.63, 3.8) is 0 Å². The molecule has 3 aliphatic rings. The van der Waals surface area contributed by atoms with E-state index >= 15 is 0 Å². The van der Waals surface area contributed by atoms with Crippen molar-refractivity contribution in [3.8, 4) is 11.5 Å². The van der Waals surface area contributed by atoms with Gasteiger partial charge in [-0.25, -0.2) is 0 Å². The third kappa shape index (κ3) is 6.45. The zero-order chi connectivity index (χ0) is 24.9. The highest BCUT2D eigenvalue weighted by molar-refractivity contribution is 5.82. The lowest BCUT2D eigenvalue weighted by Gasteiger charge is -2.40. The van der Waals surface area contributed by atoms with Gasteiger partial charge in [0.25, 0.3) is 0 Å². The summed E-state index contributed by atoms with van der Waals surface area (Å²) in [5.41, 5.74) is 2.06. The van der Waals surface area contributed by atoms with E-state index in [0.29, 0.717) is 54.6 Å². The molecular weight excluding hydrogens is 442 g/mol. The Hall–Kier alpha value is -1.92. The Morgan fingerprint density at radius 2 is 1.91 bits per heavy atom. The topological polar surface area (TPSA) is 95.9 Å². The molecule has 1 aliphatic heterocycles. The molecule has 6 heteroatoms. The second-order valence-electron chi connectivity index (χ2n) is 11.2. The predicted octanol–water partition coefficient (Wildman–Crippen LogP) is 4.37. The van der Waals surface area contributed by atoms with E-state index in [1.165, 1.54) is 20.0 Å². The lowest BCUT2D eigenvalue weighted by molar-refractivity contribution is -0.128. The third-order valence-electron chi connectivity index (χ3n) is 8.96. The minimum Gasteiger partial charge on any atom is -0.504 e. The molecule has 0 bridgehead atoms. The second-order valence-corrected chi connectivity index (χ2v) is 11.2. The molecule has 0 spiro atoms. The fraction of sp³-hybridized carbons (Fsp3) is 0.724. The van der Waals surface area contributed by atoms with Crippen LogP contribution in [-0.4, -0.2) is 47.6 Å². The van der Waals surface area contributed by atoms with Crippen LogP contribution in [0.2, 0.25) is 0 Å². The molecule has 194 valence electrons. The molecule has 0 aromatic heterocycles.